The molecule has 1 N–H and O–H groups in total. The molecule has 1 fully saturated rings. The lowest BCUT2D eigenvalue weighted by molar-refractivity contribution is -0.112. The van der Waals surface area contributed by atoms with Crippen molar-refractivity contribution in [3.63, 3.8) is 0 Å². The Bertz CT molecular complexity index is 1120. The average molecular weight is 391 g/mol. The van der Waals surface area contributed by atoms with Crippen LogP contribution in [0.25, 0.3) is 22.3 Å². The lowest BCUT2D eigenvalue weighted by Gasteiger charge is -2.28. The maximum absolute atomic E-state index is 12.5. The van der Waals surface area contributed by atoms with Crippen LogP contribution >= 0.6 is 0 Å². The van der Waals surface area contributed by atoms with Gasteiger partial charge in [0.15, 0.2) is 17.0 Å². The predicted molar refractivity (Wildman–Crippen MR) is 112 cm³/mol. The van der Waals surface area contributed by atoms with E-state index in [1.165, 1.54) is 13.0 Å². The van der Waals surface area contributed by atoms with Gasteiger partial charge in [-0.2, -0.15) is 5.10 Å². The molecule has 0 radical (unpaired) electrons. The van der Waals surface area contributed by atoms with Gasteiger partial charge in [0, 0.05) is 37.7 Å². The second-order valence-electron chi connectivity index (χ2n) is 6.75. The number of carbonyl (C=O) groups is 1. The first-order chi connectivity index (χ1) is 14.1. The van der Waals surface area contributed by atoms with E-state index in [9.17, 15) is 9.59 Å². The van der Waals surface area contributed by atoms with Gasteiger partial charge in [0.2, 0.25) is 0 Å². The summed E-state index contributed by atoms with van der Waals surface area (Å²) in [6.07, 6.45) is 0. The van der Waals surface area contributed by atoms with Gasteiger partial charge in [0.1, 0.15) is 11.3 Å². The van der Waals surface area contributed by atoms with Crippen LogP contribution in [0, 0.1) is 0 Å². The normalized spacial score (nSPS) is 14.8. The third-order valence-corrected chi connectivity index (χ3v) is 4.70. The molecule has 4 rings (SSSR count). The summed E-state index contributed by atoms with van der Waals surface area (Å²) in [5, 5.41) is 4.78. The molecule has 1 saturated heterocycles. The molecule has 2 aromatic carbocycles. The Kier molecular flexibility index (Phi) is 5.39. The Morgan fingerprint density at radius 3 is 2.55 bits per heavy atom. The number of rotatable bonds is 4. The van der Waals surface area contributed by atoms with Crippen molar-refractivity contribution in [2.45, 2.75) is 6.92 Å². The van der Waals surface area contributed by atoms with Gasteiger partial charge in [-0.25, -0.2) is 0 Å². The van der Waals surface area contributed by atoms with Crippen LogP contribution in [-0.4, -0.2) is 42.8 Å². The van der Waals surface area contributed by atoms with Gasteiger partial charge in [-0.1, -0.05) is 30.3 Å². The van der Waals surface area contributed by atoms with Gasteiger partial charge in [0.05, 0.1) is 24.3 Å². The molecule has 0 spiro atoms. The van der Waals surface area contributed by atoms with E-state index in [4.69, 9.17) is 9.15 Å². The Balaban J connectivity index is 1.65. The van der Waals surface area contributed by atoms with Crippen LogP contribution in [0.4, 0.5) is 5.69 Å². The zero-order valence-corrected chi connectivity index (χ0v) is 16.1. The quantitative estimate of drug-likeness (QED) is 0.418. The van der Waals surface area contributed by atoms with Crippen LogP contribution in [-0.2, 0) is 9.53 Å². The number of ether oxygens (including phenoxy) is 1. The summed E-state index contributed by atoms with van der Waals surface area (Å²) in [6, 6.07) is 16.1. The molecule has 0 unspecified atom stereocenters. The molecule has 1 aromatic heterocycles. The number of Topliss-reactive ketones (excluding diaryl/α,β-unsaturated/α-hetero) is 1. The van der Waals surface area contributed by atoms with Crippen molar-refractivity contribution in [2.24, 2.45) is 5.10 Å². The second kappa shape index (κ2) is 8.28. The van der Waals surface area contributed by atoms with Crippen molar-refractivity contribution in [3.8, 4) is 11.3 Å². The first kappa shape index (κ1) is 18.9. The third kappa shape index (κ3) is 4.20. The molecule has 7 heteroatoms. The molecule has 29 heavy (non-hydrogen) atoms. The first-order valence-corrected chi connectivity index (χ1v) is 9.42. The molecule has 2 heterocycles. The molecule has 3 aromatic rings. The maximum Gasteiger partial charge on any atom is 0.196 e. The summed E-state index contributed by atoms with van der Waals surface area (Å²) in [5.41, 5.74) is 4.71. The Labute approximate surface area is 167 Å². The fourth-order valence-corrected chi connectivity index (χ4v) is 3.23. The number of nitrogens with one attached hydrogen (secondary N) is 1. The van der Waals surface area contributed by atoms with E-state index in [0.717, 1.165) is 5.56 Å². The lowest BCUT2D eigenvalue weighted by Crippen LogP contribution is -2.44. The minimum atomic E-state index is -0.127. The van der Waals surface area contributed by atoms with E-state index in [1.807, 2.05) is 35.2 Å². The number of carbonyl (C=O) groups excluding carboxylic acids is 1. The van der Waals surface area contributed by atoms with Crippen molar-refractivity contribution in [1.29, 1.82) is 0 Å². The smallest absolute Gasteiger partial charge is 0.196 e. The van der Waals surface area contributed by atoms with Gasteiger partial charge in [0.25, 0.3) is 0 Å². The summed E-state index contributed by atoms with van der Waals surface area (Å²) in [4.78, 5) is 26.4. The number of ketones is 1. The Morgan fingerprint density at radius 2 is 1.83 bits per heavy atom. The van der Waals surface area contributed by atoms with E-state index in [2.05, 4.69) is 10.5 Å². The van der Waals surface area contributed by atoms with Crippen LogP contribution in [0.5, 0.6) is 0 Å². The predicted octanol–water partition coefficient (Wildman–Crippen LogP) is 3.11. The molecule has 7 nitrogen and oxygen atoms in total. The standard InChI is InChI=1S/C22H21N3O4/c1-15(26)22(25-9-11-28-12-10-25)24-23-17-7-8-18-19(27)14-20(29-21(18)13-17)16-5-3-2-4-6-16/h2-8,13-14,23H,9-12H2,1H3/b24-22-. The minimum absolute atomic E-state index is 0.113. The topological polar surface area (TPSA) is 84.1 Å². The Hall–Kier alpha value is -3.45. The zero-order chi connectivity index (χ0) is 20.2. The third-order valence-electron chi connectivity index (χ3n) is 4.70. The van der Waals surface area contributed by atoms with Crippen molar-refractivity contribution in [1.82, 2.24) is 4.90 Å². The fraction of sp³-hybridized carbons (Fsp3) is 0.227. The van der Waals surface area contributed by atoms with Crippen molar-refractivity contribution < 1.29 is 13.9 Å². The van der Waals surface area contributed by atoms with Crippen LogP contribution in [0.15, 0.2) is 68.9 Å². The molecule has 1 aliphatic heterocycles. The van der Waals surface area contributed by atoms with Crippen molar-refractivity contribution in [2.75, 3.05) is 31.7 Å². The average Bonchev–Trinajstić information content (AvgIpc) is 2.75. The number of hydrogen-bond acceptors (Lipinski definition) is 6. The van der Waals surface area contributed by atoms with Crippen LogP contribution in [0.2, 0.25) is 0 Å². The summed E-state index contributed by atoms with van der Waals surface area (Å²) in [7, 11) is 0. The van der Waals surface area contributed by atoms with Gasteiger partial charge >= 0.3 is 0 Å². The fourth-order valence-electron chi connectivity index (χ4n) is 3.23. The molecule has 0 amide bonds. The van der Waals surface area contributed by atoms with Crippen LogP contribution in [0.1, 0.15) is 6.92 Å². The highest BCUT2D eigenvalue weighted by atomic mass is 16.5. The first-order valence-electron chi connectivity index (χ1n) is 9.42. The van der Waals surface area contributed by atoms with E-state index >= 15 is 0 Å². The molecule has 1 aliphatic rings. The van der Waals surface area contributed by atoms with E-state index in [-0.39, 0.29) is 11.2 Å². The van der Waals surface area contributed by atoms with E-state index in [0.29, 0.717) is 54.6 Å². The van der Waals surface area contributed by atoms with Gasteiger partial charge in [-0.3, -0.25) is 15.0 Å². The zero-order valence-electron chi connectivity index (χ0n) is 16.1. The number of nitrogens with zero attached hydrogens (tertiary/aromatic N) is 2. The Morgan fingerprint density at radius 1 is 1.07 bits per heavy atom. The van der Waals surface area contributed by atoms with Crippen molar-refractivity contribution in [3.05, 3.63) is 64.8 Å². The SMILES string of the molecule is CC(=O)/C(=N/Nc1ccc2c(=O)cc(-c3ccccc3)oc2c1)N1CCOCC1. The van der Waals surface area contributed by atoms with Crippen LogP contribution in [0.3, 0.4) is 0 Å². The van der Waals surface area contributed by atoms with E-state index in [1.54, 1.807) is 18.2 Å². The lowest BCUT2D eigenvalue weighted by atomic mass is 10.1. The summed E-state index contributed by atoms with van der Waals surface area (Å²) < 4.78 is 11.3. The summed E-state index contributed by atoms with van der Waals surface area (Å²) in [5.74, 6) is 0.729. The number of benzene rings is 2. The highest BCUT2D eigenvalue weighted by Crippen LogP contribution is 2.24. The second-order valence-corrected chi connectivity index (χ2v) is 6.75. The van der Waals surface area contributed by atoms with Gasteiger partial charge in [-0.15, -0.1) is 0 Å². The number of hydrazone groups is 1. The number of anilines is 1. The largest absolute Gasteiger partial charge is 0.456 e. The van der Waals surface area contributed by atoms with Gasteiger partial charge < -0.3 is 14.1 Å². The minimum Gasteiger partial charge on any atom is -0.456 e. The molecule has 0 atom stereocenters. The molecule has 0 bridgehead atoms. The van der Waals surface area contributed by atoms with Gasteiger partial charge in [-0.05, 0) is 12.1 Å². The number of hydrogen-bond donors (Lipinski definition) is 1. The number of amidine groups is 1. The highest BCUT2D eigenvalue weighted by Gasteiger charge is 2.19. The number of fused-ring (bicyclic) bond motifs is 1. The van der Waals surface area contributed by atoms with Crippen molar-refractivity contribution >= 4 is 28.3 Å². The maximum atomic E-state index is 12.5. The molecule has 0 aliphatic carbocycles. The summed E-state index contributed by atoms with van der Waals surface area (Å²) in [6.45, 7) is 3.85. The summed E-state index contributed by atoms with van der Waals surface area (Å²) >= 11 is 0. The molecule has 148 valence electrons. The highest BCUT2D eigenvalue weighted by molar-refractivity contribution is 6.37. The monoisotopic (exact) mass is 391 g/mol. The molecule has 0 saturated carbocycles. The molecular formula is C22H21N3O4. The number of morpholine rings is 1. The van der Waals surface area contributed by atoms with E-state index < -0.39 is 0 Å². The van der Waals surface area contributed by atoms with Crippen LogP contribution < -0.4 is 10.9 Å². The molecular weight excluding hydrogens is 370 g/mol.